The smallest absolute Gasteiger partial charge is 0.237 e. The van der Waals surface area contributed by atoms with Crippen molar-refractivity contribution in [3.8, 4) is 11.1 Å². The molecule has 5 heteroatoms. The van der Waals surface area contributed by atoms with Gasteiger partial charge in [-0.15, -0.1) is 0 Å². The number of hydrogen-bond acceptors (Lipinski definition) is 3. The van der Waals surface area contributed by atoms with Gasteiger partial charge < -0.3 is 10.6 Å². The van der Waals surface area contributed by atoms with Crippen LogP contribution in [0.3, 0.4) is 0 Å². The van der Waals surface area contributed by atoms with Crippen LogP contribution < -0.4 is 10.6 Å². The molecule has 1 fully saturated rings. The Labute approximate surface area is 189 Å². The molecule has 5 nitrogen and oxygen atoms in total. The molecular weight excluding hydrogens is 398 g/mol. The molecule has 3 aromatic carbocycles. The summed E-state index contributed by atoms with van der Waals surface area (Å²) >= 11 is 0. The SMILES string of the molecule is O=C(CC1C(=O)NCCN1Cc1ccc(-c2ccccc2)cc1)NCCc1ccccc1. The van der Waals surface area contributed by atoms with Gasteiger partial charge in [-0.2, -0.15) is 0 Å². The second-order valence-corrected chi connectivity index (χ2v) is 8.13. The average molecular weight is 428 g/mol. The van der Waals surface area contributed by atoms with E-state index in [1.807, 2.05) is 48.5 Å². The van der Waals surface area contributed by atoms with Crippen molar-refractivity contribution < 1.29 is 9.59 Å². The Bertz CT molecular complexity index is 1020. The minimum absolute atomic E-state index is 0.0737. The third-order valence-electron chi connectivity index (χ3n) is 5.85. The fourth-order valence-electron chi connectivity index (χ4n) is 4.08. The molecule has 164 valence electrons. The first-order valence-corrected chi connectivity index (χ1v) is 11.2. The molecule has 32 heavy (non-hydrogen) atoms. The summed E-state index contributed by atoms with van der Waals surface area (Å²) in [4.78, 5) is 27.2. The second-order valence-electron chi connectivity index (χ2n) is 8.13. The minimum Gasteiger partial charge on any atom is -0.356 e. The van der Waals surface area contributed by atoms with Gasteiger partial charge in [0.1, 0.15) is 0 Å². The van der Waals surface area contributed by atoms with Crippen LogP contribution in [0.15, 0.2) is 84.9 Å². The molecule has 3 aromatic rings. The number of amides is 2. The molecule has 2 N–H and O–H groups in total. The van der Waals surface area contributed by atoms with E-state index in [0.717, 1.165) is 18.5 Å². The van der Waals surface area contributed by atoms with Crippen molar-refractivity contribution in [2.75, 3.05) is 19.6 Å². The van der Waals surface area contributed by atoms with E-state index < -0.39 is 6.04 Å². The summed E-state index contributed by atoms with van der Waals surface area (Å²) < 4.78 is 0. The summed E-state index contributed by atoms with van der Waals surface area (Å²) in [7, 11) is 0. The first kappa shape index (κ1) is 21.8. The van der Waals surface area contributed by atoms with Crippen molar-refractivity contribution in [3.05, 3.63) is 96.1 Å². The van der Waals surface area contributed by atoms with Crippen LogP contribution in [0.5, 0.6) is 0 Å². The fourth-order valence-corrected chi connectivity index (χ4v) is 4.08. The maximum Gasteiger partial charge on any atom is 0.237 e. The molecule has 0 saturated carbocycles. The van der Waals surface area contributed by atoms with E-state index in [1.54, 1.807) is 0 Å². The van der Waals surface area contributed by atoms with E-state index in [0.29, 0.717) is 19.6 Å². The lowest BCUT2D eigenvalue weighted by atomic mass is 10.0. The Morgan fingerprint density at radius 2 is 1.53 bits per heavy atom. The molecule has 1 saturated heterocycles. The monoisotopic (exact) mass is 427 g/mol. The first-order valence-electron chi connectivity index (χ1n) is 11.2. The molecule has 1 unspecified atom stereocenters. The zero-order chi connectivity index (χ0) is 22.2. The predicted molar refractivity (Wildman–Crippen MR) is 127 cm³/mol. The quantitative estimate of drug-likeness (QED) is 0.579. The summed E-state index contributed by atoms with van der Waals surface area (Å²) in [6.07, 6.45) is 0.948. The van der Waals surface area contributed by atoms with Crippen LogP contribution in [-0.4, -0.2) is 42.4 Å². The summed E-state index contributed by atoms with van der Waals surface area (Å²) in [5.41, 5.74) is 4.67. The standard InChI is InChI=1S/C27H29N3O2/c31-26(28-16-15-21-7-3-1-4-8-21)19-25-27(32)29-17-18-30(25)20-22-11-13-24(14-12-22)23-9-5-2-6-10-23/h1-14,25H,15-20H2,(H,28,31)(H,29,32). The van der Waals surface area contributed by atoms with Gasteiger partial charge in [0.15, 0.2) is 0 Å². The summed E-state index contributed by atoms with van der Waals surface area (Å²) in [5, 5.41) is 5.87. The topological polar surface area (TPSA) is 61.4 Å². The van der Waals surface area contributed by atoms with E-state index in [4.69, 9.17) is 0 Å². The van der Waals surface area contributed by atoms with Crippen molar-refractivity contribution in [2.45, 2.75) is 25.4 Å². The number of nitrogens with zero attached hydrogens (tertiary/aromatic N) is 1. The third-order valence-corrected chi connectivity index (χ3v) is 5.85. The Balaban J connectivity index is 1.34. The molecular formula is C27H29N3O2. The summed E-state index contributed by atoms with van der Waals surface area (Å²) in [6.45, 7) is 2.55. The van der Waals surface area contributed by atoms with Gasteiger partial charge in [0.25, 0.3) is 0 Å². The molecule has 1 atom stereocenters. The Morgan fingerprint density at radius 3 is 2.25 bits per heavy atom. The lowest BCUT2D eigenvalue weighted by Gasteiger charge is -2.34. The number of carbonyl (C=O) groups is 2. The lowest BCUT2D eigenvalue weighted by Crippen LogP contribution is -2.56. The highest BCUT2D eigenvalue weighted by Gasteiger charge is 2.31. The molecule has 0 spiro atoms. The largest absolute Gasteiger partial charge is 0.356 e. The van der Waals surface area contributed by atoms with Gasteiger partial charge in [-0.1, -0.05) is 84.9 Å². The molecule has 0 bridgehead atoms. The highest BCUT2D eigenvalue weighted by atomic mass is 16.2. The normalized spacial score (nSPS) is 16.4. The van der Waals surface area contributed by atoms with Gasteiger partial charge >= 0.3 is 0 Å². The summed E-state index contributed by atoms with van der Waals surface area (Å²) in [6, 6.07) is 28.3. The average Bonchev–Trinajstić information content (AvgIpc) is 2.83. The van der Waals surface area contributed by atoms with Gasteiger partial charge in [0.2, 0.25) is 11.8 Å². The number of hydrogen-bond donors (Lipinski definition) is 2. The lowest BCUT2D eigenvalue weighted by molar-refractivity contribution is -0.134. The number of piperazine rings is 1. The van der Waals surface area contributed by atoms with E-state index in [2.05, 4.69) is 51.9 Å². The van der Waals surface area contributed by atoms with E-state index in [1.165, 1.54) is 16.7 Å². The fraction of sp³-hybridized carbons (Fsp3) is 0.259. The molecule has 1 aliphatic rings. The van der Waals surface area contributed by atoms with Crippen molar-refractivity contribution in [1.29, 1.82) is 0 Å². The van der Waals surface area contributed by atoms with Crippen LogP contribution in [0.25, 0.3) is 11.1 Å². The third kappa shape index (κ3) is 5.83. The van der Waals surface area contributed by atoms with Crippen LogP contribution in [0.2, 0.25) is 0 Å². The van der Waals surface area contributed by atoms with Crippen LogP contribution in [0, 0.1) is 0 Å². The Hall–Kier alpha value is -3.44. The predicted octanol–water partition coefficient (Wildman–Crippen LogP) is 3.40. The van der Waals surface area contributed by atoms with E-state index >= 15 is 0 Å². The van der Waals surface area contributed by atoms with Gasteiger partial charge in [-0.3, -0.25) is 14.5 Å². The van der Waals surface area contributed by atoms with Crippen molar-refractivity contribution in [2.24, 2.45) is 0 Å². The zero-order valence-electron chi connectivity index (χ0n) is 18.2. The van der Waals surface area contributed by atoms with Crippen molar-refractivity contribution in [3.63, 3.8) is 0 Å². The van der Waals surface area contributed by atoms with Crippen molar-refractivity contribution >= 4 is 11.8 Å². The molecule has 0 aromatic heterocycles. The van der Waals surface area contributed by atoms with Crippen LogP contribution in [-0.2, 0) is 22.6 Å². The van der Waals surface area contributed by atoms with E-state index in [-0.39, 0.29) is 18.2 Å². The second kappa shape index (κ2) is 10.7. The maximum atomic E-state index is 12.5. The van der Waals surface area contributed by atoms with Crippen molar-refractivity contribution in [1.82, 2.24) is 15.5 Å². The van der Waals surface area contributed by atoms with Gasteiger partial charge in [-0.05, 0) is 28.7 Å². The molecule has 2 amide bonds. The summed E-state index contributed by atoms with van der Waals surface area (Å²) in [5.74, 6) is -0.164. The van der Waals surface area contributed by atoms with Crippen LogP contribution >= 0.6 is 0 Å². The minimum atomic E-state index is -0.450. The molecule has 4 rings (SSSR count). The maximum absolute atomic E-state index is 12.5. The van der Waals surface area contributed by atoms with Gasteiger partial charge in [0.05, 0.1) is 12.5 Å². The van der Waals surface area contributed by atoms with Crippen LogP contribution in [0.4, 0.5) is 0 Å². The van der Waals surface area contributed by atoms with E-state index in [9.17, 15) is 9.59 Å². The highest BCUT2D eigenvalue weighted by Crippen LogP contribution is 2.21. The number of carbonyl (C=O) groups excluding carboxylic acids is 2. The molecule has 0 radical (unpaired) electrons. The Morgan fingerprint density at radius 1 is 0.875 bits per heavy atom. The zero-order valence-corrected chi connectivity index (χ0v) is 18.2. The van der Waals surface area contributed by atoms with Gasteiger partial charge in [-0.25, -0.2) is 0 Å². The molecule has 0 aliphatic carbocycles. The van der Waals surface area contributed by atoms with Crippen LogP contribution in [0.1, 0.15) is 17.5 Å². The Kier molecular flexibility index (Phi) is 7.31. The first-order chi connectivity index (χ1) is 15.7. The molecule has 1 heterocycles. The highest BCUT2D eigenvalue weighted by molar-refractivity contribution is 5.88. The molecule has 1 aliphatic heterocycles. The number of nitrogens with one attached hydrogen (secondary N) is 2. The number of benzene rings is 3. The number of rotatable bonds is 8. The van der Waals surface area contributed by atoms with Gasteiger partial charge in [0, 0.05) is 26.2 Å².